The van der Waals surface area contributed by atoms with Gasteiger partial charge in [0.15, 0.2) is 5.82 Å². The highest BCUT2D eigenvalue weighted by Gasteiger charge is 2.32. The number of nitrogens with one attached hydrogen (secondary N) is 2. The van der Waals surface area contributed by atoms with Gasteiger partial charge in [-0.25, -0.2) is 14.2 Å². The SMILES string of the molecule is NC(=O)N(c1ccc(-c2cc(-c3nc4ccccc4[nH]3)[nH]n2)cc1)c1cc(C(F)(F)F)ccc1F. The maximum absolute atomic E-state index is 14.4. The van der Waals surface area contributed by atoms with Crippen molar-refractivity contribution < 1.29 is 22.4 Å². The van der Waals surface area contributed by atoms with Crippen molar-refractivity contribution in [2.24, 2.45) is 5.73 Å². The Kier molecular flexibility index (Phi) is 5.24. The molecule has 0 radical (unpaired) electrons. The molecule has 0 aliphatic heterocycles. The number of H-pyrrole nitrogens is 2. The number of nitrogens with two attached hydrogens (primary N) is 1. The molecule has 0 aliphatic rings. The second-order valence-corrected chi connectivity index (χ2v) is 7.65. The number of alkyl halides is 3. The number of nitrogens with zero attached hydrogens (tertiary/aromatic N) is 3. The van der Waals surface area contributed by atoms with E-state index in [1.807, 2.05) is 24.3 Å². The van der Waals surface area contributed by atoms with Crippen LogP contribution in [0.1, 0.15) is 5.56 Å². The predicted octanol–water partition coefficient (Wildman–Crippen LogP) is 5.99. The first-order valence-electron chi connectivity index (χ1n) is 10.3. The lowest BCUT2D eigenvalue weighted by molar-refractivity contribution is -0.137. The van der Waals surface area contributed by atoms with Crippen molar-refractivity contribution >= 4 is 28.4 Å². The third kappa shape index (κ3) is 4.19. The van der Waals surface area contributed by atoms with Crippen LogP contribution in [-0.2, 0) is 6.18 Å². The van der Waals surface area contributed by atoms with Crippen molar-refractivity contribution in [3.8, 4) is 22.8 Å². The van der Waals surface area contributed by atoms with E-state index in [1.54, 1.807) is 18.2 Å². The fourth-order valence-corrected chi connectivity index (χ4v) is 3.70. The Labute approximate surface area is 195 Å². The Balaban J connectivity index is 1.46. The third-order valence-electron chi connectivity index (χ3n) is 5.38. The summed E-state index contributed by atoms with van der Waals surface area (Å²) in [7, 11) is 0. The van der Waals surface area contributed by atoms with Crippen LogP contribution < -0.4 is 10.6 Å². The molecule has 0 saturated carbocycles. The van der Waals surface area contributed by atoms with Crippen molar-refractivity contribution in [2.75, 3.05) is 4.90 Å². The van der Waals surface area contributed by atoms with Crippen LogP contribution in [0.15, 0.2) is 72.8 Å². The summed E-state index contributed by atoms with van der Waals surface area (Å²) in [6, 6.07) is 16.0. The lowest BCUT2D eigenvalue weighted by Crippen LogP contribution is -2.32. The molecule has 176 valence electrons. The van der Waals surface area contributed by atoms with Crippen LogP contribution in [0.4, 0.5) is 33.7 Å². The minimum Gasteiger partial charge on any atom is -0.351 e. The first-order chi connectivity index (χ1) is 16.7. The molecule has 3 aromatic carbocycles. The Morgan fingerprint density at radius 1 is 0.971 bits per heavy atom. The highest BCUT2D eigenvalue weighted by atomic mass is 19.4. The summed E-state index contributed by atoms with van der Waals surface area (Å²) in [6.07, 6.45) is -4.72. The summed E-state index contributed by atoms with van der Waals surface area (Å²) in [4.78, 5) is 20.5. The fourth-order valence-electron chi connectivity index (χ4n) is 3.70. The minimum absolute atomic E-state index is 0.0903. The van der Waals surface area contributed by atoms with Gasteiger partial charge in [-0.05, 0) is 48.5 Å². The number of halogens is 4. The summed E-state index contributed by atoms with van der Waals surface area (Å²) in [5.74, 6) is -0.426. The van der Waals surface area contributed by atoms with Gasteiger partial charge in [-0.2, -0.15) is 18.3 Å². The molecule has 0 bridgehead atoms. The molecular formula is C24H16F4N6O. The summed E-state index contributed by atoms with van der Waals surface area (Å²) in [6.45, 7) is 0. The molecule has 4 N–H and O–H groups in total. The first-order valence-corrected chi connectivity index (χ1v) is 10.3. The number of rotatable bonds is 4. The van der Waals surface area contributed by atoms with Gasteiger partial charge in [0.05, 0.1) is 33.7 Å². The summed E-state index contributed by atoms with van der Waals surface area (Å²) >= 11 is 0. The van der Waals surface area contributed by atoms with Crippen molar-refractivity contribution in [1.29, 1.82) is 0 Å². The molecule has 0 atom stereocenters. The Morgan fingerprint density at radius 3 is 2.40 bits per heavy atom. The molecule has 0 fully saturated rings. The maximum atomic E-state index is 14.4. The van der Waals surface area contributed by atoms with Gasteiger partial charge in [-0.15, -0.1) is 0 Å². The Bertz CT molecular complexity index is 1500. The van der Waals surface area contributed by atoms with Crippen LogP contribution >= 0.6 is 0 Å². The van der Waals surface area contributed by atoms with Gasteiger partial charge in [0, 0.05) is 5.56 Å². The molecule has 5 rings (SSSR count). The molecule has 35 heavy (non-hydrogen) atoms. The van der Waals surface area contributed by atoms with E-state index in [1.165, 1.54) is 12.1 Å². The van der Waals surface area contributed by atoms with Crippen molar-refractivity contribution in [2.45, 2.75) is 6.18 Å². The number of aromatic amines is 2. The zero-order chi connectivity index (χ0) is 24.7. The quantitative estimate of drug-likeness (QED) is 0.275. The number of hydrogen-bond acceptors (Lipinski definition) is 3. The van der Waals surface area contributed by atoms with E-state index >= 15 is 0 Å². The number of anilines is 2. The van der Waals surface area contributed by atoms with Gasteiger partial charge >= 0.3 is 12.2 Å². The van der Waals surface area contributed by atoms with Crippen LogP contribution in [0.25, 0.3) is 33.8 Å². The molecule has 2 amide bonds. The van der Waals surface area contributed by atoms with Gasteiger partial charge in [-0.3, -0.25) is 10.00 Å². The van der Waals surface area contributed by atoms with Crippen LogP contribution in [0.2, 0.25) is 0 Å². The van der Waals surface area contributed by atoms with Gasteiger partial charge in [0.2, 0.25) is 0 Å². The van der Waals surface area contributed by atoms with E-state index < -0.39 is 29.3 Å². The highest BCUT2D eigenvalue weighted by Crippen LogP contribution is 2.36. The second-order valence-electron chi connectivity index (χ2n) is 7.65. The van der Waals surface area contributed by atoms with Crippen molar-refractivity contribution in [3.05, 3.63) is 84.2 Å². The topological polar surface area (TPSA) is 104 Å². The molecular weight excluding hydrogens is 464 g/mol. The van der Waals surface area contributed by atoms with Gasteiger partial charge in [0.1, 0.15) is 11.5 Å². The standard InChI is InChI=1S/C24H16F4N6O/c25-16-10-7-14(24(26,27)28)11-21(16)34(23(29)35)15-8-5-13(6-9-15)19-12-20(33-32-19)22-30-17-3-1-2-4-18(17)31-22/h1-12H,(H2,29,35)(H,30,31)(H,32,33). The second kappa shape index (κ2) is 8.28. The number of fused-ring (bicyclic) bond motifs is 1. The number of hydrogen-bond donors (Lipinski definition) is 3. The smallest absolute Gasteiger partial charge is 0.351 e. The predicted molar refractivity (Wildman–Crippen MR) is 122 cm³/mol. The number of carbonyl (C=O) groups is 1. The van der Waals surface area contributed by atoms with E-state index in [0.717, 1.165) is 11.0 Å². The maximum Gasteiger partial charge on any atom is 0.416 e. The molecule has 2 heterocycles. The molecule has 0 aliphatic carbocycles. The largest absolute Gasteiger partial charge is 0.416 e. The number of amides is 2. The van der Waals surface area contributed by atoms with E-state index in [-0.39, 0.29) is 5.69 Å². The lowest BCUT2D eigenvalue weighted by Gasteiger charge is -2.22. The number of benzene rings is 3. The monoisotopic (exact) mass is 480 g/mol. The highest BCUT2D eigenvalue weighted by molar-refractivity contribution is 5.98. The minimum atomic E-state index is -4.72. The van der Waals surface area contributed by atoms with Crippen LogP contribution in [0.3, 0.4) is 0 Å². The number of carbonyl (C=O) groups excluding carboxylic acids is 1. The number of aromatic nitrogens is 4. The Morgan fingerprint density at radius 2 is 1.71 bits per heavy atom. The average molecular weight is 480 g/mol. The van der Waals surface area contributed by atoms with E-state index in [9.17, 15) is 22.4 Å². The van der Waals surface area contributed by atoms with Crippen molar-refractivity contribution in [1.82, 2.24) is 20.2 Å². The van der Waals surface area contributed by atoms with Gasteiger partial charge in [-0.1, -0.05) is 24.3 Å². The van der Waals surface area contributed by atoms with E-state index in [0.29, 0.717) is 45.9 Å². The molecule has 0 saturated heterocycles. The summed E-state index contributed by atoms with van der Waals surface area (Å²) in [5.41, 5.74) is 7.29. The molecule has 0 unspecified atom stereocenters. The number of para-hydroxylation sites is 2. The van der Waals surface area contributed by atoms with Crippen LogP contribution in [0.5, 0.6) is 0 Å². The number of primary amides is 1. The summed E-state index contributed by atoms with van der Waals surface area (Å²) < 4.78 is 53.8. The van der Waals surface area contributed by atoms with Gasteiger partial charge < -0.3 is 10.7 Å². The molecule has 2 aromatic heterocycles. The normalized spacial score (nSPS) is 11.7. The fraction of sp³-hybridized carbons (Fsp3) is 0.0417. The molecule has 0 spiro atoms. The zero-order valence-corrected chi connectivity index (χ0v) is 17.8. The first kappa shape index (κ1) is 22.1. The number of imidazole rings is 1. The lowest BCUT2D eigenvalue weighted by atomic mass is 10.1. The average Bonchev–Trinajstić information content (AvgIpc) is 3.47. The van der Waals surface area contributed by atoms with Crippen LogP contribution in [0, 0.1) is 5.82 Å². The summed E-state index contributed by atoms with van der Waals surface area (Å²) in [5, 5.41) is 7.18. The Hall–Kier alpha value is -4.67. The third-order valence-corrected chi connectivity index (χ3v) is 5.38. The number of urea groups is 1. The van der Waals surface area contributed by atoms with Crippen LogP contribution in [-0.4, -0.2) is 26.2 Å². The zero-order valence-electron chi connectivity index (χ0n) is 17.8. The van der Waals surface area contributed by atoms with E-state index in [4.69, 9.17) is 5.73 Å². The molecule has 7 nitrogen and oxygen atoms in total. The molecule has 5 aromatic rings. The van der Waals surface area contributed by atoms with E-state index in [2.05, 4.69) is 20.2 Å². The molecule has 11 heteroatoms. The van der Waals surface area contributed by atoms with Crippen molar-refractivity contribution in [3.63, 3.8) is 0 Å². The van der Waals surface area contributed by atoms with Gasteiger partial charge in [0.25, 0.3) is 0 Å².